The third kappa shape index (κ3) is 1.82. The lowest BCUT2D eigenvalue weighted by Crippen LogP contribution is -2.45. The van der Waals surface area contributed by atoms with E-state index in [0.717, 1.165) is 0 Å². The molecule has 2 radical (unpaired) electrons. The second-order valence-electron chi connectivity index (χ2n) is 3.70. The van der Waals surface area contributed by atoms with Crippen molar-refractivity contribution >= 4 is 13.6 Å². The number of carbonyl (C=O) groups is 1. The molecule has 3 heteroatoms. The topological polar surface area (TPSA) is 17.1 Å². The van der Waals surface area contributed by atoms with Gasteiger partial charge in [0, 0.05) is 11.8 Å². The first-order valence-corrected chi connectivity index (χ1v) is 3.94. The molecule has 0 atom stereocenters. The van der Waals surface area contributed by atoms with Crippen molar-refractivity contribution in [2.24, 2.45) is 11.8 Å². The van der Waals surface area contributed by atoms with Crippen LogP contribution in [0.4, 0.5) is 4.39 Å². The molecular weight excluding hydrogens is 142 g/mol. The molecule has 11 heavy (non-hydrogen) atoms. The molecule has 0 aromatic heterocycles. The van der Waals surface area contributed by atoms with Gasteiger partial charge in [-0.25, -0.2) is 0 Å². The molecule has 1 rings (SSSR count). The maximum absolute atomic E-state index is 12.7. The van der Waals surface area contributed by atoms with Gasteiger partial charge in [0.15, 0.2) is 0 Å². The highest BCUT2D eigenvalue weighted by molar-refractivity contribution is 6.15. The summed E-state index contributed by atoms with van der Waals surface area (Å²) in [6, 6.07) is 0. The smallest absolute Gasteiger partial charge is 0.138 e. The summed E-state index contributed by atoms with van der Waals surface area (Å²) in [6.07, 6.45) is 0.425. The van der Waals surface area contributed by atoms with E-state index in [1.807, 2.05) is 13.8 Å². The van der Waals surface area contributed by atoms with Gasteiger partial charge in [0.1, 0.15) is 13.6 Å². The van der Waals surface area contributed by atoms with Crippen LogP contribution >= 0.6 is 0 Å². The van der Waals surface area contributed by atoms with Crippen LogP contribution in [0.2, 0.25) is 0 Å². The molecule has 1 fully saturated rings. The van der Waals surface area contributed by atoms with E-state index in [4.69, 9.17) is 7.85 Å². The quantitative estimate of drug-likeness (QED) is 0.550. The third-order valence-corrected chi connectivity index (χ3v) is 2.14. The van der Waals surface area contributed by atoms with E-state index in [1.165, 1.54) is 0 Å². The summed E-state index contributed by atoms with van der Waals surface area (Å²) in [5, 5.41) is 0. The van der Waals surface area contributed by atoms with Gasteiger partial charge in [-0.1, -0.05) is 13.8 Å². The minimum atomic E-state index is -1.56. The van der Waals surface area contributed by atoms with E-state index in [1.54, 1.807) is 0 Å². The zero-order chi connectivity index (χ0) is 8.65. The molecular formula is C8H12BFO. The number of hydrogen-bond donors (Lipinski definition) is 0. The predicted molar refractivity (Wildman–Crippen MR) is 42.2 cm³/mol. The Morgan fingerprint density at radius 3 is 2.36 bits per heavy atom. The van der Waals surface area contributed by atoms with Crippen LogP contribution < -0.4 is 0 Å². The summed E-state index contributed by atoms with van der Waals surface area (Å²) in [4.78, 5) is 11.2. The Morgan fingerprint density at radius 1 is 1.64 bits per heavy atom. The predicted octanol–water partition coefficient (Wildman–Crippen LogP) is 1.46. The molecule has 1 saturated carbocycles. The molecule has 1 aliphatic carbocycles. The van der Waals surface area contributed by atoms with E-state index < -0.39 is 5.57 Å². The molecule has 0 aromatic rings. The van der Waals surface area contributed by atoms with Crippen LogP contribution in [-0.2, 0) is 4.79 Å². The van der Waals surface area contributed by atoms with Gasteiger partial charge in [0.05, 0.1) is 5.57 Å². The summed E-state index contributed by atoms with van der Waals surface area (Å²) in [5.41, 5.74) is -1.56. The van der Waals surface area contributed by atoms with Gasteiger partial charge in [0.2, 0.25) is 0 Å². The normalized spacial score (nSPS) is 36.9. The monoisotopic (exact) mass is 154 g/mol. The summed E-state index contributed by atoms with van der Waals surface area (Å²) in [5.74, 6) is 0.0322. The molecule has 0 bridgehead atoms. The van der Waals surface area contributed by atoms with Gasteiger partial charge in [0.25, 0.3) is 0 Å². The lowest BCUT2D eigenvalue weighted by Gasteiger charge is -2.39. The Hall–Kier alpha value is -0.335. The fourth-order valence-electron chi connectivity index (χ4n) is 1.43. The van der Waals surface area contributed by atoms with Gasteiger partial charge in [-0.2, -0.15) is 0 Å². The molecule has 0 spiro atoms. The summed E-state index contributed by atoms with van der Waals surface area (Å²) in [7, 11) is 5.13. The molecule has 1 nitrogen and oxygen atoms in total. The standard InChI is InChI=1S/C8H12BFO/c1-5(2)7(11)6-3-8(9,10)4-6/h5-6H,3-4H2,1-2H3. The summed E-state index contributed by atoms with van der Waals surface area (Å²) < 4.78 is 12.7. The number of Topliss-reactive ketones (excluding diaryl/α,β-unsaturated/α-hetero) is 1. The molecule has 0 aromatic carbocycles. The molecule has 0 saturated heterocycles. The first-order chi connectivity index (χ1) is 4.92. The molecule has 60 valence electrons. The van der Waals surface area contributed by atoms with Crippen LogP contribution in [0.5, 0.6) is 0 Å². The molecule has 0 aliphatic heterocycles. The number of ketones is 1. The molecule has 1 aliphatic rings. The van der Waals surface area contributed by atoms with Crippen molar-refractivity contribution in [1.82, 2.24) is 0 Å². The van der Waals surface area contributed by atoms with Gasteiger partial charge >= 0.3 is 0 Å². The average molecular weight is 154 g/mol. The van der Waals surface area contributed by atoms with Crippen molar-refractivity contribution in [3.8, 4) is 0 Å². The van der Waals surface area contributed by atoms with Crippen LogP contribution in [0, 0.1) is 11.8 Å². The van der Waals surface area contributed by atoms with Crippen molar-refractivity contribution in [3.05, 3.63) is 0 Å². The van der Waals surface area contributed by atoms with E-state index in [9.17, 15) is 9.18 Å². The highest BCUT2D eigenvalue weighted by atomic mass is 19.1. The van der Waals surface area contributed by atoms with E-state index in [-0.39, 0.29) is 30.5 Å². The fraction of sp³-hybridized carbons (Fsp3) is 0.875. The Bertz CT molecular complexity index is 169. The van der Waals surface area contributed by atoms with Crippen LogP contribution in [0.15, 0.2) is 0 Å². The van der Waals surface area contributed by atoms with Crippen molar-refractivity contribution < 1.29 is 9.18 Å². The average Bonchev–Trinajstić information content (AvgIpc) is 1.80. The van der Waals surface area contributed by atoms with Crippen LogP contribution in [0.3, 0.4) is 0 Å². The van der Waals surface area contributed by atoms with Gasteiger partial charge < -0.3 is 0 Å². The lowest BCUT2D eigenvalue weighted by atomic mass is 9.59. The van der Waals surface area contributed by atoms with Crippen molar-refractivity contribution in [2.45, 2.75) is 32.3 Å². The maximum Gasteiger partial charge on any atom is 0.138 e. The highest BCUT2D eigenvalue weighted by Gasteiger charge is 2.43. The minimum absolute atomic E-state index is 0.0103. The molecule has 0 unspecified atom stereocenters. The van der Waals surface area contributed by atoms with Gasteiger partial charge in [-0.3, -0.25) is 9.18 Å². The van der Waals surface area contributed by atoms with Crippen molar-refractivity contribution in [2.75, 3.05) is 0 Å². The Balaban J connectivity index is 2.38. The molecule has 0 heterocycles. The second kappa shape index (κ2) is 2.61. The Labute approximate surface area is 67.8 Å². The Morgan fingerprint density at radius 2 is 2.09 bits per heavy atom. The van der Waals surface area contributed by atoms with E-state index in [2.05, 4.69) is 0 Å². The van der Waals surface area contributed by atoms with E-state index >= 15 is 0 Å². The first kappa shape index (κ1) is 8.76. The number of carbonyl (C=O) groups excluding carboxylic acids is 1. The SMILES string of the molecule is [B]C1(F)CC(C(=O)C(C)C)C1. The second-order valence-corrected chi connectivity index (χ2v) is 3.70. The maximum atomic E-state index is 12.7. The first-order valence-electron chi connectivity index (χ1n) is 3.94. The van der Waals surface area contributed by atoms with Crippen LogP contribution in [0.1, 0.15) is 26.7 Å². The molecule has 0 N–H and O–H groups in total. The number of hydrogen-bond acceptors (Lipinski definition) is 1. The number of alkyl halides is 1. The van der Waals surface area contributed by atoms with Gasteiger partial charge in [-0.15, -0.1) is 0 Å². The summed E-state index contributed by atoms with van der Waals surface area (Å²) >= 11 is 0. The number of halogens is 1. The third-order valence-electron chi connectivity index (χ3n) is 2.14. The zero-order valence-electron chi connectivity index (χ0n) is 6.93. The van der Waals surface area contributed by atoms with E-state index in [0.29, 0.717) is 0 Å². The highest BCUT2D eigenvalue weighted by Crippen LogP contribution is 2.40. The number of rotatable bonds is 2. The molecule has 0 amide bonds. The largest absolute Gasteiger partial charge is 0.299 e. The van der Waals surface area contributed by atoms with Crippen LogP contribution in [0.25, 0.3) is 0 Å². The summed E-state index contributed by atoms with van der Waals surface area (Å²) in [6.45, 7) is 3.66. The van der Waals surface area contributed by atoms with Crippen LogP contribution in [-0.4, -0.2) is 19.2 Å². The van der Waals surface area contributed by atoms with Gasteiger partial charge in [-0.05, 0) is 12.8 Å². The lowest BCUT2D eigenvalue weighted by molar-refractivity contribution is -0.131. The van der Waals surface area contributed by atoms with Crippen molar-refractivity contribution in [3.63, 3.8) is 0 Å². The Kier molecular flexibility index (Phi) is 2.08. The zero-order valence-corrected chi connectivity index (χ0v) is 6.93. The van der Waals surface area contributed by atoms with Crippen molar-refractivity contribution in [1.29, 1.82) is 0 Å². The fourth-order valence-corrected chi connectivity index (χ4v) is 1.43. The minimum Gasteiger partial charge on any atom is -0.299 e.